The monoisotopic (exact) mass is 399 g/mol. The average Bonchev–Trinajstić information content (AvgIpc) is 2.55. The Hall–Kier alpha value is -2.35. The third kappa shape index (κ3) is 6.71. The van der Waals surface area contributed by atoms with Crippen molar-refractivity contribution >= 4 is 15.7 Å². The molecule has 0 fully saturated rings. The largest absolute Gasteiger partial charge is 0.416 e. The van der Waals surface area contributed by atoms with E-state index in [4.69, 9.17) is 0 Å². The molecule has 0 bridgehead atoms. The third-order valence-corrected chi connectivity index (χ3v) is 5.47. The number of carbonyl (C=O) groups excluding carboxylic acids is 1. The molecule has 0 atom stereocenters. The first kappa shape index (κ1) is 21.0. The lowest BCUT2D eigenvalue weighted by molar-refractivity contribution is -0.137. The molecule has 8 heteroatoms. The minimum atomic E-state index is -4.48. The van der Waals surface area contributed by atoms with Crippen molar-refractivity contribution in [1.82, 2.24) is 5.32 Å². The van der Waals surface area contributed by atoms with Crippen LogP contribution in [0.15, 0.2) is 48.5 Å². The number of alkyl halides is 3. The van der Waals surface area contributed by atoms with Crippen molar-refractivity contribution < 1.29 is 26.4 Å². The van der Waals surface area contributed by atoms with Gasteiger partial charge >= 0.3 is 6.18 Å². The molecular weight excluding hydrogens is 379 g/mol. The topological polar surface area (TPSA) is 63.2 Å². The Labute approximate surface area is 156 Å². The minimum Gasteiger partial charge on any atom is -0.355 e. The molecule has 0 saturated carbocycles. The van der Waals surface area contributed by atoms with Gasteiger partial charge in [-0.3, -0.25) is 4.79 Å². The molecule has 0 heterocycles. The summed E-state index contributed by atoms with van der Waals surface area (Å²) in [5.41, 5.74) is 1.50. The van der Waals surface area contributed by atoms with Crippen molar-refractivity contribution in [2.45, 2.75) is 25.3 Å². The molecule has 2 aromatic carbocycles. The number of nitrogens with one attached hydrogen (secondary N) is 1. The molecule has 0 aliphatic carbocycles. The van der Waals surface area contributed by atoms with Gasteiger partial charge in [-0.1, -0.05) is 36.4 Å². The number of rotatable bonds is 7. The summed E-state index contributed by atoms with van der Waals surface area (Å²) < 4.78 is 61.8. The van der Waals surface area contributed by atoms with Gasteiger partial charge in [-0.25, -0.2) is 8.42 Å². The van der Waals surface area contributed by atoms with E-state index in [1.165, 1.54) is 0 Å². The zero-order valence-electron chi connectivity index (χ0n) is 14.7. The molecule has 1 amide bonds. The van der Waals surface area contributed by atoms with Crippen LogP contribution in [0.25, 0.3) is 0 Å². The minimum absolute atomic E-state index is 0.204. The Balaban J connectivity index is 1.86. The highest BCUT2D eigenvalue weighted by Crippen LogP contribution is 2.29. The number of halogens is 3. The zero-order valence-corrected chi connectivity index (χ0v) is 15.5. The summed E-state index contributed by atoms with van der Waals surface area (Å²) in [5, 5.41) is 2.56. The van der Waals surface area contributed by atoms with E-state index < -0.39 is 39.0 Å². The van der Waals surface area contributed by atoms with Gasteiger partial charge in [0.2, 0.25) is 5.91 Å². The maximum atomic E-state index is 12.5. The second-order valence-electron chi connectivity index (χ2n) is 6.25. The Morgan fingerprint density at radius 3 is 2.26 bits per heavy atom. The Kier molecular flexibility index (Phi) is 6.64. The van der Waals surface area contributed by atoms with Gasteiger partial charge in [0.1, 0.15) is 5.75 Å². The molecular formula is C19H20F3NO3S. The van der Waals surface area contributed by atoms with Crippen LogP contribution in [0.1, 0.15) is 22.3 Å². The van der Waals surface area contributed by atoms with Crippen LogP contribution in [-0.4, -0.2) is 26.6 Å². The van der Waals surface area contributed by atoms with E-state index in [1.807, 2.05) is 31.2 Å². The fraction of sp³-hybridized carbons (Fsp3) is 0.316. The number of sulfone groups is 1. The van der Waals surface area contributed by atoms with E-state index in [1.54, 1.807) is 0 Å². The summed E-state index contributed by atoms with van der Waals surface area (Å²) in [4.78, 5) is 11.9. The number of benzene rings is 2. The van der Waals surface area contributed by atoms with Gasteiger partial charge in [-0.2, -0.15) is 13.2 Å². The van der Waals surface area contributed by atoms with Crippen LogP contribution >= 0.6 is 0 Å². The SMILES string of the molecule is Cc1ccccc1CCNC(=O)CS(=O)(=O)Cc1ccc(C(F)(F)F)cc1. The molecule has 0 saturated heterocycles. The van der Waals surface area contributed by atoms with Gasteiger partial charge in [0.15, 0.2) is 9.84 Å². The molecule has 4 nitrogen and oxygen atoms in total. The van der Waals surface area contributed by atoms with Crippen molar-refractivity contribution in [3.05, 3.63) is 70.8 Å². The van der Waals surface area contributed by atoms with E-state index in [0.29, 0.717) is 13.0 Å². The first-order valence-electron chi connectivity index (χ1n) is 8.24. The number of aryl methyl sites for hydroxylation is 1. The van der Waals surface area contributed by atoms with Gasteiger partial charge in [0, 0.05) is 6.54 Å². The molecule has 0 aliphatic rings. The highest BCUT2D eigenvalue weighted by molar-refractivity contribution is 7.91. The Morgan fingerprint density at radius 2 is 1.67 bits per heavy atom. The molecule has 2 rings (SSSR count). The highest BCUT2D eigenvalue weighted by Gasteiger charge is 2.30. The van der Waals surface area contributed by atoms with Crippen LogP contribution in [0.4, 0.5) is 13.2 Å². The molecule has 1 N–H and O–H groups in total. The summed E-state index contributed by atoms with van der Waals surface area (Å²) in [6.07, 6.45) is -3.90. The first-order chi connectivity index (χ1) is 12.6. The summed E-state index contributed by atoms with van der Waals surface area (Å²) in [6, 6.07) is 11.5. The lowest BCUT2D eigenvalue weighted by Crippen LogP contribution is -2.32. The first-order valence-corrected chi connectivity index (χ1v) is 10.1. The zero-order chi connectivity index (χ0) is 20.1. The van der Waals surface area contributed by atoms with Crippen molar-refractivity contribution in [1.29, 1.82) is 0 Å². The van der Waals surface area contributed by atoms with Gasteiger partial charge in [-0.05, 0) is 42.2 Å². The van der Waals surface area contributed by atoms with Gasteiger partial charge < -0.3 is 5.32 Å². The summed E-state index contributed by atoms with van der Waals surface area (Å²) in [7, 11) is -3.78. The molecule has 0 spiro atoms. The van der Waals surface area contributed by atoms with Crippen LogP contribution in [-0.2, 0) is 33.0 Å². The van der Waals surface area contributed by atoms with Crippen LogP contribution in [0.3, 0.4) is 0 Å². The predicted octanol–water partition coefficient (Wildman–Crippen LogP) is 3.29. The van der Waals surface area contributed by atoms with E-state index in [-0.39, 0.29) is 5.56 Å². The number of carbonyl (C=O) groups is 1. The van der Waals surface area contributed by atoms with E-state index in [9.17, 15) is 26.4 Å². The van der Waals surface area contributed by atoms with Crippen LogP contribution in [0.5, 0.6) is 0 Å². The molecule has 27 heavy (non-hydrogen) atoms. The molecule has 0 radical (unpaired) electrons. The summed E-state index contributed by atoms with van der Waals surface area (Å²) >= 11 is 0. The predicted molar refractivity (Wildman–Crippen MR) is 96.8 cm³/mol. The Morgan fingerprint density at radius 1 is 1.04 bits per heavy atom. The standard InChI is InChI=1S/C19H20F3NO3S/c1-14-4-2-3-5-16(14)10-11-23-18(24)13-27(25,26)12-15-6-8-17(9-7-15)19(20,21)22/h2-9H,10-13H2,1H3,(H,23,24). The molecule has 0 unspecified atom stereocenters. The van der Waals surface area contributed by atoms with Crippen LogP contribution in [0, 0.1) is 6.92 Å². The van der Waals surface area contributed by atoms with E-state index >= 15 is 0 Å². The molecule has 0 aromatic heterocycles. The normalized spacial score (nSPS) is 12.0. The molecule has 146 valence electrons. The van der Waals surface area contributed by atoms with E-state index in [2.05, 4.69) is 5.32 Å². The smallest absolute Gasteiger partial charge is 0.355 e. The molecule has 0 aliphatic heterocycles. The average molecular weight is 399 g/mol. The highest BCUT2D eigenvalue weighted by atomic mass is 32.2. The lowest BCUT2D eigenvalue weighted by Gasteiger charge is -2.09. The quantitative estimate of drug-likeness (QED) is 0.777. The second kappa shape index (κ2) is 8.56. The lowest BCUT2D eigenvalue weighted by atomic mass is 10.1. The number of hydrogen-bond donors (Lipinski definition) is 1. The van der Waals surface area contributed by atoms with Crippen molar-refractivity contribution in [2.24, 2.45) is 0 Å². The fourth-order valence-corrected chi connectivity index (χ4v) is 3.88. The van der Waals surface area contributed by atoms with Crippen molar-refractivity contribution in [2.75, 3.05) is 12.3 Å². The van der Waals surface area contributed by atoms with Gasteiger partial charge in [0.05, 0.1) is 11.3 Å². The second-order valence-corrected chi connectivity index (χ2v) is 8.32. The van der Waals surface area contributed by atoms with Crippen LogP contribution in [0.2, 0.25) is 0 Å². The van der Waals surface area contributed by atoms with Gasteiger partial charge in [0.25, 0.3) is 0 Å². The maximum Gasteiger partial charge on any atom is 0.416 e. The fourth-order valence-electron chi connectivity index (χ4n) is 2.57. The number of hydrogen-bond acceptors (Lipinski definition) is 3. The van der Waals surface area contributed by atoms with Gasteiger partial charge in [-0.15, -0.1) is 0 Å². The maximum absolute atomic E-state index is 12.5. The number of amides is 1. The van der Waals surface area contributed by atoms with Crippen molar-refractivity contribution in [3.63, 3.8) is 0 Å². The van der Waals surface area contributed by atoms with Crippen LogP contribution < -0.4 is 5.32 Å². The summed E-state index contributed by atoms with van der Waals surface area (Å²) in [5.74, 6) is -1.83. The third-order valence-electron chi connectivity index (χ3n) is 4.00. The molecule has 2 aromatic rings. The summed E-state index contributed by atoms with van der Waals surface area (Å²) in [6.45, 7) is 2.26. The van der Waals surface area contributed by atoms with E-state index in [0.717, 1.165) is 35.4 Å². The Bertz CT molecular complexity index is 891. The van der Waals surface area contributed by atoms with Crippen molar-refractivity contribution in [3.8, 4) is 0 Å².